The Morgan fingerprint density at radius 2 is 1.69 bits per heavy atom. The van der Waals surface area contributed by atoms with Crippen LogP contribution in [0.2, 0.25) is 0 Å². The summed E-state index contributed by atoms with van der Waals surface area (Å²) in [6, 6.07) is 4.66. The topological polar surface area (TPSA) is 172 Å². The number of benzene rings is 1. The Morgan fingerprint density at radius 3 is 2.33 bits per heavy atom. The Labute approximate surface area is 280 Å². The van der Waals surface area contributed by atoms with Crippen LogP contribution in [0.1, 0.15) is 36.8 Å². The Hall–Kier alpha value is -2.98. The van der Waals surface area contributed by atoms with Crippen molar-refractivity contribution in [2.75, 3.05) is 71.0 Å². The van der Waals surface area contributed by atoms with Crippen molar-refractivity contribution in [3.8, 4) is 5.75 Å². The Kier molecular flexibility index (Phi) is 12.9. The van der Waals surface area contributed by atoms with Crippen molar-refractivity contribution < 1.29 is 44.2 Å². The number of piperidine rings is 1. The van der Waals surface area contributed by atoms with Crippen LogP contribution in [-0.2, 0) is 22.6 Å². The van der Waals surface area contributed by atoms with Gasteiger partial charge in [0.15, 0.2) is 0 Å². The molecule has 0 spiro atoms. The molecule has 13 nitrogen and oxygen atoms in total. The number of carbonyl (C=O) groups is 1. The summed E-state index contributed by atoms with van der Waals surface area (Å²) in [5.74, 6) is 2.59. The van der Waals surface area contributed by atoms with Gasteiger partial charge in [0.05, 0.1) is 32.3 Å². The van der Waals surface area contributed by atoms with E-state index in [2.05, 4.69) is 14.9 Å². The maximum atomic E-state index is 14.9. The van der Waals surface area contributed by atoms with E-state index < -0.39 is 36.8 Å². The molecule has 3 heterocycles. The van der Waals surface area contributed by atoms with E-state index in [0.717, 1.165) is 43.9 Å². The molecule has 2 aliphatic heterocycles. The third kappa shape index (κ3) is 9.59. The Morgan fingerprint density at radius 1 is 1.00 bits per heavy atom. The second-order valence-corrected chi connectivity index (χ2v) is 13.4. The van der Waals surface area contributed by atoms with Crippen LogP contribution in [0.3, 0.4) is 0 Å². The van der Waals surface area contributed by atoms with Gasteiger partial charge in [-0.3, -0.25) is 9.69 Å². The summed E-state index contributed by atoms with van der Waals surface area (Å²) in [6.07, 6.45) is 1.75. The quantitative estimate of drug-likeness (QED) is 0.164. The number of anilines is 1. The summed E-state index contributed by atoms with van der Waals surface area (Å²) in [4.78, 5) is 27.6. The van der Waals surface area contributed by atoms with Gasteiger partial charge in [0.2, 0.25) is 11.9 Å². The van der Waals surface area contributed by atoms with E-state index in [4.69, 9.17) is 14.6 Å². The summed E-state index contributed by atoms with van der Waals surface area (Å²) >= 11 is 0. The first-order chi connectivity index (χ1) is 23.2. The molecule has 14 heteroatoms. The highest BCUT2D eigenvalue weighted by atomic mass is 19.1. The summed E-state index contributed by atoms with van der Waals surface area (Å²) in [5, 5.41) is 48.5. The van der Waals surface area contributed by atoms with Crippen molar-refractivity contribution in [3.05, 3.63) is 47.5 Å². The number of aromatic nitrogens is 2. The molecule has 2 saturated heterocycles. The number of β-amino-alcohol motifs (C(OH)–C–C–N with tert-alkyl or cyclic N) is 1. The van der Waals surface area contributed by atoms with Gasteiger partial charge in [-0.05, 0) is 55.1 Å². The molecular formula is C34H50FN5O8. The summed E-state index contributed by atoms with van der Waals surface area (Å²) in [7, 11) is 1.66. The molecule has 3 fully saturated rings. The van der Waals surface area contributed by atoms with Crippen LogP contribution < -0.4 is 9.64 Å². The molecule has 1 amide bonds. The van der Waals surface area contributed by atoms with Crippen molar-refractivity contribution in [1.29, 1.82) is 0 Å². The maximum absolute atomic E-state index is 14.9. The monoisotopic (exact) mass is 675 g/mol. The largest absolute Gasteiger partial charge is 0.493 e. The number of carbonyl (C=O) groups excluding carboxylic acids is 1. The lowest BCUT2D eigenvalue weighted by molar-refractivity contribution is -0.134. The molecular weight excluding hydrogens is 625 g/mol. The number of rotatable bonds is 16. The summed E-state index contributed by atoms with van der Waals surface area (Å²) in [6.45, 7) is 3.80. The number of nitrogens with zero attached hydrogens (tertiary/aromatic N) is 5. The maximum Gasteiger partial charge on any atom is 0.227 e. The van der Waals surface area contributed by atoms with Gasteiger partial charge in [-0.1, -0.05) is 6.07 Å². The van der Waals surface area contributed by atoms with E-state index in [1.807, 2.05) is 17.3 Å². The average molecular weight is 676 g/mol. The van der Waals surface area contributed by atoms with Crippen LogP contribution in [0.4, 0.5) is 10.3 Å². The van der Waals surface area contributed by atoms with Gasteiger partial charge in [-0.2, -0.15) is 0 Å². The van der Waals surface area contributed by atoms with E-state index in [0.29, 0.717) is 68.5 Å². The first-order valence-corrected chi connectivity index (χ1v) is 17.0. The number of methoxy groups -OCH3 is 1. The van der Waals surface area contributed by atoms with Crippen LogP contribution in [0, 0.1) is 23.6 Å². The van der Waals surface area contributed by atoms with Crippen molar-refractivity contribution in [2.45, 2.75) is 63.1 Å². The lowest BCUT2D eigenvalue weighted by Crippen LogP contribution is -2.54. The minimum atomic E-state index is -1.68. The standard InChI is InChI=1S/C34H50FN5O8/c1-47-21-22-17-36-34(37-18-22)40-7-4-23(5-8-40)27-14-24(27)6-13-48-26-3-2-25(28(35)16-26)15-31(44)39-11-9-38(10-12-39)19-29(42)32(45)33(46)30(43)20-41/h2-3,16-18,23-24,27,29-30,32-33,41-43,45-46H,4-15,19-21H2,1H3/t24-,27-,29+,30-,32-,33-/m1/s1. The number of aliphatic hydroxyl groups excluding tert-OH is 5. The molecule has 6 atom stereocenters. The number of ether oxygens (including phenoxy) is 2. The highest BCUT2D eigenvalue weighted by Crippen LogP contribution is 2.49. The van der Waals surface area contributed by atoms with E-state index in [1.165, 1.54) is 12.5 Å². The van der Waals surface area contributed by atoms with E-state index >= 15 is 0 Å². The smallest absolute Gasteiger partial charge is 0.227 e. The fraction of sp³-hybridized carbons (Fsp3) is 0.676. The van der Waals surface area contributed by atoms with E-state index in [9.17, 15) is 29.6 Å². The van der Waals surface area contributed by atoms with E-state index in [-0.39, 0.29) is 18.9 Å². The van der Waals surface area contributed by atoms with Gasteiger partial charge in [0.1, 0.15) is 29.9 Å². The number of amides is 1. The Bertz CT molecular complexity index is 1310. The number of piperazine rings is 1. The molecule has 3 aliphatic rings. The van der Waals surface area contributed by atoms with Crippen molar-refractivity contribution in [3.63, 3.8) is 0 Å². The van der Waals surface area contributed by atoms with Gasteiger partial charge >= 0.3 is 0 Å². The van der Waals surface area contributed by atoms with Gasteiger partial charge in [-0.15, -0.1) is 0 Å². The zero-order valence-corrected chi connectivity index (χ0v) is 27.6. The van der Waals surface area contributed by atoms with Crippen molar-refractivity contribution in [2.24, 2.45) is 17.8 Å². The lowest BCUT2D eigenvalue weighted by Gasteiger charge is -2.37. The predicted molar refractivity (Wildman–Crippen MR) is 174 cm³/mol. The van der Waals surface area contributed by atoms with Crippen LogP contribution in [0.25, 0.3) is 0 Å². The zero-order chi connectivity index (χ0) is 34.2. The van der Waals surface area contributed by atoms with Gasteiger partial charge in [0.25, 0.3) is 0 Å². The zero-order valence-electron chi connectivity index (χ0n) is 27.6. The molecule has 1 aliphatic carbocycles. The molecule has 1 aromatic carbocycles. The molecule has 2 aromatic rings. The number of halogens is 1. The Balaban J connectivity index is 0.974. The fourth-order valence-electron chi connectivity index (χ4n) is 6.94. The van der Waals surface area contributed by atoms with Crippen LogP contribution >= 0.6 is 0 Å². The molecule has 1 saturated carbocycles. The third-order valence-electron chi connectivity index (χ3n) is 10.0. The lowest BCUT2D eigenvalue weighted by atomic mass is 9.90. The SMILES string of the molecule is COCc1cnc(N2CCC([C@H]3C[C@H]3CCOc3ccc(CC(=O)N4CCN(C[C@H](O)[C@@H](O)[C@H](O)[C@H](O)CO)CC4)c(F)c3)CC2)nc1. The third-order valence-corrected chi connectivity index (χ3v) is 10.0. The van der Waals surface area contributed by atoms with Crippen LogP contribution in [0.5, 0.6) is 5.75 Å². The first-order valence-electron chi connectivity index (χ1n) is 17.0. The van der Waals surface area contributed by atoms with Gasteiger partial charge in [-0.25, -0.2) is 14.4 Å². The average Bonchev–Trinajstić information content (AvgIpc) is 3.88. The highest BCUT2D eigenvalue weighted by Gasteiger charge is 2.43. The highest BCUT2D eigenvalue weighted by molar-refractivity contribution is 5.79. The molecule has 0 radical (unpaired) electrons. The minimum Gasteiger partial charge on any atom is -0.493 e. The first kappa shape index (κ1) is 36.3. The normalized spacial score (nSPS) is 23.1. The minimum absolute atomic E-state index is 0.0245. The second kappa shape index (κ2) is 17.1. The molecule has 5 rings (SSSR count). The predicted octanol–water partition coefficient (Wildman–Crippen LogP) is 0.206. The fourth-order valence-corrected chi connectivity index (χ4v) is 6.94. The molecule has 5 N–H and O–H groups in total. The van der Waals surface area contributed by atoms with Crippen molar-refractivity contribution >= 4 is 11.9 Å². The molecule has 0 unspecified atom stereocenters. The van der Waals surface area contributed by atoms with Crippen LogP contribution in [-0.4, -0.2) is 142 Å². The molecule has 0 bridgehead atoms. The summed E-state index contributed by atoms with van der Waals surface area (Å²) < 4.78 is 26.0. The van der Waals surface area contributed by atoms with Crippen LogP contribution in [0.15, 0.2) is 30.6 Å². The number of hydrogen-bond donors (Lipinski definition) is 5. The molecule has 266 valence electrons. The van der Waals surface area contributed by atoms with E-state index in [1.54, 1.807) is 24.1 Å². The summed E-state index contributed by atoms with van der Waals surface area (Å²) in [5.41, 5.74) is 1.27. The van der Waals surface area contributed by atoms with Crippen molar-refractivity contribution in [1.82, 2.24) is 19.8 Å². The molecule has 1 aromatic heterocycles. The van der Waals surface area contributed by atoms with Gasteiger partial charge in [0, 0.05) is 76.9 Å². The molecule has 48 heavy (non-hydrogen) atoms. The number of aliphatic hydroxyl groups is 5. The number of hydrogen-bond acceptors (Lipinski definition) is 12. The van der Waals surface area contributed by atoms with Gasteiger partial charge < -0.3 is 44.8 Å². The second-order valence-electron chi connectivity index (χ2n) is 13.4.